The molecule has 0 aliphatic carbocycles. The zero-order chi connectivity index (χ0) is 16.1. The van der Waals surface area contributed by atoms with Crippen LogP contribution in [0.15, 0.2) is 36.4 Å². The van der Waals surface area contributed by atoms with Crippen molar-refractivity contribution in [2.45, 2.75) is 26.3 Å². The van der Waals surface area contributed by atoms with Gasteiger partial charge in [-0.2, -0.15) is 0 Å². The number of para-hydroxylation sites is 1. The molecule has 0 bridgehead atoms. The summed E-state index contributed by atoms with van der Waals surface area (Å²) in [5.41, 5.74) is 1.29. The predicted octanol–water partition coefficient (Wildman–Crippen LogP) is 3.84. The van der Waals surface area contributed by atoms with Crippen molar-refractivity contribution < 1.29 is 4.74 Å². The number of nitrogens with zero attached hydrogens (tertiary/aromatic N) is 1. The van der Waals surface area contributed by atoms with Crippen molar-refractivity contribution in [3.8, 4) is 5.75 Å². The third-order valence-electron chi connectivity index (χ3n) is 4.28. The molecule has 1 saturated heterocycles. The number of nitrogens with one attached hydrogen (secondary N) is 1. The van der Waals surface area contributed by atoms with Crippen molar-refractivity contribution in [3.05, 3.63) is 51.7 Å². The first-order valence-corrected chi connectivity index (χ1v) is 9.34. The number of hydrogen-bond donors (Lipinski definition) is 1. The number of ether oxygens (including phenoxy) is 1. The van der Waals surface area contributed by atoms with E-state index in [0.717, 1.165) is 31.9 Å². The Bertz CT molecular complexity index is 617. The molecular formula is C19H26N2OS. The minimum absolute atomic E-state index is 0.288. The van der Waals surface area contributed by atoms with E-state index in [1.54, 1.807) is 0 Å². The Balaban J connectivity index is 2.01. The summed E-state index contributed by atoms with van der Waals surface area (Å²) >= 11 is 1.90. The molecule has 2 heterocycles. The van der Waals surface area contributed by atoms with Crippen LogP contribution in [0.4, 0.5) is 0 Å². The van der Waals surface area contributed by atoms with Gasteiger partial charge in [-0.3, -0.25) is 4.90 Å². The average molecular weight is 330 g/mol. The van der Waals surface area contributed by atoms with Gasteiger partial charge in [-0.25, -0.2) is 0 Å². The molecule has 1 N–H and O–H groups in total. The quantitative estimate of drug-likeness (QED) is 0.901. The lowest BCUT2D eigenvalue weighted by Crippen LogP contribution is -2.32. The topological polar surface area (TPSA) is 24.5 Å². The van der Waals surface area contributed by atoms with Crippen LogP contribution in [-0.4, -0.2) is 37.7 Å². The SMILES string of the molecule is CCOc1ccccc1C(c1ccc(C)s1)N1CCCNCC1. The van der Waals surface area contributed by atoms with E-state index in [2.05, 4.69) is 60.5 Å². The van der Waals surface area contributed by atoms with Gasteiger partial charge in [-0.1, -0.05) is 18.2 Å². The van der Waals surface area contributed by atoms with Crippen LogP contribution < -0.4 is 10.1 Å². The van der Waals surface area contributed by atoms with Gasteiger partial charge in [0, 0.05) is 35.0 Å². The van der Waals surface area contributed by atoms with Crippen molar-refractivity contribution in [1.29, 1.82) is 0 Å². The van der Waals surface area contributed by atoms with Gasteiger partial charge in [-0.15, -0.1) is 11.3 Å². The zero-order valence-corrected chi connectivity index (χ0v) is 14.9. The molecule has 0 spiro atoms. The fourth-order valence-corrected chi connectivity index (χ4v) is 4.28. The summed E-state index contributed by atoms with van der Waals surface area (Å²) < 4.78 is 5.93. The van der Waals surface area contributed by atoms with E-state index in [1.807, 2.05) is 11.3 Å². The molecule has 3 nitrogen and oxygen atoms in total. The van der Waals surface area contributed by atoms with Crippen LogP contribution in [0.25, 0.3) is 0 Å². The van der Waals surface area contributed by atoms with Crippen molar-refractivity contribution in [3.63, 3.8) is 0 Å². The Kier molecular flexibility index (Phi) is 5.70. The Morgan fingerprint density at radius 1 is 1.17 bits per heavy atom. The second-order valence-electron chi connectivity index (χ2n) is 5.96. The molecule has 124 valence electrons. The summed E-state index contributed by atoms with van der Waals surface area (Å²) in [7, 11) is 0. The minimum Gasteiger partial charge on any atom is -0.494 e. The first kappa shape index (κ1) is 16.5. The maximum atomic E-state index is 5.93. The third-order valence-corrected chi connectivity index (χ3v) is 5.34. The first-order chi connectivity index (χ1) is 11.3. The standard InChI is InChI=1S/C19H26N2OS/c1-3-22-17-8-5-4-7-16(17)19(18-10-9-15(2)23-18)21-13-6-11-20-12-14-21/h4-5,7-10,19-20H,3,6,11-14H2,1-2H3. The summed E-state index contributed by atoms with van der Waals surface area (Å²) in [4.78, 5) is 5.38. The zero-order valence-electron chi connectivity index (χ0n) is 14.0. The molecular weight excluding hydrogens is 304 g/mol. The third kappa shape index (κ3) is 3.94. The molecule has 23 heavy (non-hydrogen) atoms. The molecule has 1 fully saturated rings. The van der Waals surface area contributed by atoms with Crippen molar-refractivity contribution in [2.75, 3.05) is 32.8 Å². The molecule has 0 amide bonds. The normalized spacial score (nSPS) is 17.7. The number of thiophene rings is 1. The van der Waals surface area contributed by atoms with Gasteiger partial charge >= 0.3 is 0 Å². The summed E-state index contributed by atoms with van der Waals surface area (Å²) in [6.45, 7) is 9.30. The molecule has 1 aliphatic rings. The van der Waals surface area contributed by atoms with Gasteiger partial charge in [0.05, 0.1) is 12.6 Å². The van der Waals surface area contributed by atoms with E-state index in [-0.39, 0.29) is 6.04 Å². The lowest BCUT2D eigenvalue weighted by atomic mass is 10.0. The first-order valence-electron chi connectivity index (χ1n) is 8.52. The van der Waals surface area contributed by atoms with Crippen molar-refractivity contribution in [1.82, 2.24) is 10.2 Å². The monoisotopic (exact) mass is 330 g/mol. The Morgan fingerprint density at radius 3 is 2.83 bits per heavy atom. The lowest BCUT2D eigenvalue weighted by molar-refractivity contribution is 0.236. The van der Waals surface area contributed by atoms with Gasteiger partial charge in [0.25, 0.3) is 0 Å². The highest BCUT2D eigenvalue weighted by molar-refractivity contribution is 7.12. The molecule has 4 heteroatoms. The van der Waals surface area contributed by atoms with Crippen LogP contribution in [0, 0.1) is 6.92 Å². The van der Waals surface area contributed by atoms with Crippen LogP contribution in [0.1, 0.15) is 34.7 Å². The highest BCUT2D eigenvalue weighted by Gasteiger charge is 2.26. The highest BCUT2D eigenvalue weighted by Crippen LogP contribution is 2.38. The molecule has 1 unspecified atom stereocenters. The van der Waals surface area contributed by atoms with Gasteiger partial charge in [0.2, 0.25) is 0 Å². The Hall–Kier alpha value is -1.36. The Morgan fingerprint density at radius 2 is 2.04 bits per heavy atom. The Labute approximate surface area is 143 Å². The maximum Gasteiger partial charge on any atom is 0.124 e. The molecule has 1 aromatic heterocycles. The molecule has 2 aromatic rings. The maximum absolute atomic E-state index is 5.93. The molecule has 0 saturated carbocycles. The van der Waals surface area contributed by atoms with E-state index < -0.39 is 0 Å². The number of hydrogen-bond acceptors (Lipinski definition) is 4. The molecule has 3 rings (SSSR count). The summed E-state index contributed by atoms with van der Waals surface area (Å²) in [5.74, 6) is 1.02. The van der Waals surface area contributed by atoms with Crippen molar-refractivity contribution in [2.24, 2.45) is 0 Å². The highest BCUT2D eigenvalue weighted by atomic mass is 32.1. The lowest BCUT2D eigenvalue weighted by Gasteiger charge is -2.31. The van der Waals surface area contributed by atoms with Crippen LogP contribution >= 0.6 is 11.3 Å². The average Bonchev–Trinajstić information content (AvgIpc) is 2.82. The van der Waals surface area contributed by atoms with Gasteiger partial charge in [0.1, 0.15) is 5.75 Å². The van der Waals surface area contributed by atoms with E-state index in [0.29, 0.717) is 6.61 Å². The summed E-state index contributed by atoms with van der Waals surface area (Å²) in [5, 5.41) is 3.51. The number of benzene rings is 1. The van der Waals surface area contributed by atoms with Crippen LogP contribution in [0.3, 0.4) is 0 Å². The van der Waals surface area contributed by atoms with E-state index in [9.17, 15) is 0 Å². The van der Waals surface area contributed by atoms with Crippen molar-refractivity contribution >= 4 is 11.3 Å². The molecule has 0 radical (unpaired) electrons. The fourth-order valence-electron chi connectivity index (χ4n) is 3.25. The summed E-state index contributed by atoms with van der Waals surface area (Å²) in [6.07, 6.45) is 1.19. The van der Waals surface area contributed by atoms with Crippen LogP contribution in [0.2, 0.25) is 0 Å². The van der Waals surface area contributed by atoms with E-state index in [4.69, 9.17) is 4.74 Å². The van der Waals surface area contributed by atoms with Gasteiger partial charge in [0.15, 0.2) is 0 Å². The largest absolute Gasteiger partial charge is 0.494 e. The minimum atomic E-state index is 0.288. The van der Waals surface area contributed by atoms with E-state index in [1.165, 1.54) is 21.7 Å². The van der Waals surface area contributed by atoms with Gasteiger partial charge in [-0.05, 0) is 45.0 Å². The summed E-state index contributed by atoms with van der Waals surface area (Å²) in [6, 6.07) is 13.3. The molecule has 1 aromatic carbocycles. The van der Waals surface area contributed by atoms with E-state index >= 15 is 0 Å². The second kappa shape index (κ2) is 7.95. The number of aryl methyl sites for hydroxylation is 1. The van der Waals surface area contributed by atoms with Crippen LogP contribution in [-0.2, 0) is 0 Å². The number of rotatable bonds is 5. The van der Waals surface area contributed by atoms with Crippen LogP contribution in [0.5, 0.6) is 5.75 Å². The second-order valence-corrected chi connectivity index (χ2v) is 7.28. The fraction of sp³-hybridized carbons (Fsp3) is 0.474. The van der Waals surface area contributed by atoms with Gasteiger partial charge < -0.3 is 10.1 Å². The molecule has 1 aliphatic heterocycles. The smallest absolute Gasteiger partial charge is 0.124 e. The predicted molar refractivity (Wildman–Crippen MR) is 97.6 cm³/mol. The molecule has 1 atom stereocenters.